The van der Waals surface area contributed by atoms with Crippen LogP contribution < -0.4 is 11.5 Å². The number of hydrogen-bond acceptors (Lipinski definition) is 5. The molecule has 7 heteroatoms. The highest BCUT2D eigenvalue weighted by molar-refractivity contribution is 9.08. The maximum Gasteiger partial charge on any atom is 0.222 e. The number of rotatable bonds is 2. The SMILES string of the molecule is N#Cc1c(N)nc(N)nc1-c1cccc(CBr)c1F. The summed E-state index contributed by atoms with van der Waals surface area (Å²) in [6.45, 7) is 0. The Balaban J connectivity index is 2.76. The van der Waals surface area contributed by atoms with Crippen LogP contribution in [0.2, 0.25) is 0 Å². The van der Waals surface area contributed by atoms with Gasteiger partial charge in [-0.05, 0) is 11.6 Å². The second-order valence-corrected chi connectivity index (χ2v) is 4.28. The molecule has 0 fully saturated rings. The van der Waals surface area contributed by atoms with Gasteiger partial charge in [0.15, 0.2) is 0 Å². The van der Waals surface area contributed by atoms with Gasteiger partial charge in [0.2, 0.25) is 5.95 Å². The monoisotopic (exact) mass is 321 g/mol. The Labute approximate surface area is 117 Å². The van der Waals surface area contributed by atoms with Crippen molar-refractivity contribution in [3.63, 3.8) is 0 Å². The highest BCUT2D eigenvalue weighted by Crippen LogP contribution is 2.29. The highest BCUT2D eigenvalue weighted by atomic mass is 79.9. The molecule has 5 nitrogen and oxygen atoms in total. The van der Waals surface area contributed by atoms with E-state index in [1.165, 1.54) is 6.07 Å². The van der Waals surface area contributed by atoms with Gasteiger partial charge < -0.3 is 11.5 Å². The summed E-state index contributed by atoms with van der Waals surface area (Å²) < 4.78 is 14.3. The summed E-state index contributed by atoms with van der Waals surface area (Å²) in [5.74, 6) is -0.628. The minimum Gasteiger partial charge on any atom is -0.382 e. The van der Waals surface area contributed by atoms with Gasteiger partial charge in [-0.25, -0.2) is 9.37 Å². The van der Waals surface area contributed by atoms with Crippen molar-refractivity contribution >= 4 is 27.7 Å². The van der Waals surface area contributed by atoms with Crippen molar-refractivity contribution in [2.45, 2.75) is 5.33 Å². The number of hydrogen-bond donors (Lipinski definition) is 2. The Morgan fingerprint density at radius 3 is 2.68 bits per heavy atom. The summed E-state index contributed by atoms with van der Waals surface area (Å²) >= 11 is 3.19. The molecule has 0 saturated heterocycles. The van der Waals surface area contributed by atoms with E-state index in [0.29, 0.717) is 10.9 Å². The Morgan fingerprint density at radius 1 is 1.32 bits per heavy atom. The molecule has 2 aromatic rings. The van der Waals surface area contributed by atoms with Crippen LogP contribution >= 0.6 is 15.9 Å². The molecular weight excluding hydrogens is 313 g/mol. The maximum atomic E-state index is 14.3. The summed E-state index contributed by atoms with van der Waals surface area (Å²) in [5.41, 5.74) is 11.9. The third kappa shape index (κ3) is 2.35. The fourth-order valence-corrected chi connectivity index (χ4v) is 2.10. The van der Waals surface area contributed by atoms with E-state index in [1.54, 1.807) is 12.1 Å². The lowest BCUT2D eigenvalue weighted by Gasteiger charge is -2.09. The first-order valence-electron chi connectivity index (χ1n) is 5.25. The van der Waals surface area contributed by atoms with Crippen LogP contribution in [-0.4, -0.2) is 9.97 Å². The van der Waals surface area contributed by atoms with E-state index in [-0.39, 0.29) is 28.6 Å². The van der Waals surface area contributed by atoms with Gasteiger partial charge >= 0.3 is 0 Å². The molecule has 0 aliphatic carbocycles. The molecule has 19 heavy (non-hydrogen) atoms. The lowest BCUT2D eigenvalue weighted by molar-refractivity contribution is 0.620. The molecule has 0 spiro atoms. The van der Waals surface area contributed by atoms with Crippen LogP contribution in [0.5, 0.6) is 0 Å². The maximum absolute atomic E-state index is 14.3. The Morgan fingerprint density at radius 2 is 2.05 bits per heavy atom. The van der Waals surface area contributed by atoms with Crippen LogP contribution in [0.1, 0.15) is 11.1 Å². The van der Waals surface area contributed by atoms with Gasteiger partial charge in [0, 0.05) is 10.9 Å². The average Bonchev–Trinajstić information content (AvgIpc) is 2.38. The second kappa shape index (κ2) is 5.20. The molecule has 0 saturated carbocycles. The number of benzene rings is 1. The topological polar surface area (TPSA) is 102 Å². The van der Waals surface area contributed by atoms with Crippen molar-refractivity contribution in [3.05, 3.63) is 35.1 Å². The van der Waals surface area contributed by atoms with E-state index >= 15 is 0 Å². The van der Waals surface area contributed by atoms with Gasteiger partial charge in [-0.15, -0.1) is 0 Å². The predicted octanol–water partition coefficient (Wildman–Crippen LogP) is 2.21. The zero-order valence-electron chi connectivity index (χ0n) is 9.69. The van der Waals surface area contributed by atoms with Crippen LogP contribution in [0.3, 0.4) is 0 Å². The minimum absolute atomic E-state index is 0.0137. The molecule has 1 aromatic carbocycles. The Kier molecular flexibility index (Phi) is 3.62. The van der Waals surface area contributed by atoms with Crippen molar-refractivity contribution < 1.29 is 4.39 Å². The molecule has 1 aromatic heterocycles. The van der Waals surface area contributed by atoms with Crippen LogP contribution in [0.4, 0.5) is 16.2 Å². The summed E-state index contributed by atoms with van der Waals surface area (Å²) in [6.07, 6.45) is 0. The lowest BCUT2D eigenvalue weighted by Crippen LogP contribution is -2.06. The molecule has 2 rings (SSSR count). The number of nitriles is 1. The molecule has 96 valence electrons. The molecule has 0 unspecified atom stereocenters. The number of anilines is 2. The minimum atomic E-state index is -0.464. The second-order valence-electron chi connectivity index (χ2n) is 3.71. The molecule has 0 bridgehead atoms. The van der Waals surface area contributed by atoms with E-state index in [0.717, 1.165) is 0 Å². The van der Waals surface area contributed by atoms with Crippen molar-refractivity contribution in [1.29, 1.82) is 5.26 Å². The van der Waals surface area contributed by atoms with E-state index in [4.69, 9.17) is 16.7 Å². The highest BCUT2D eigenvalue weighted by Gasteiger charge is 2.17. The van der Waals surface area contributed by atoms with Crippen molar-refractivity contribution in [1.82, 2.24) is 9.97 Å². The van der Waals surface area contributed by atoms with Crippen LogP contribution in [0.15, 0.2) is 18.2 Å². The van der Waals surface area contributed by atoms with E-state index in [1.807, 2.05) is 6.07 Å². The van der Waals surface area contributed by atoms with E-state index in [2.05, 4.69) is 25.9 Å². The average molecular weight is 322 g/mol. The van der Waals surface area contributed by atoms with E-state index in [9.17, 15) is 4.39 Å². The van der Waals surface area contributed by atoms with Gasteiger partial charge in [0.05, 0.1) is 5.69 Å². The zero-order chi connectivity index (χ0) is 14.0. The van der Waals surface area contributed by atoms with Crippen LogP contribution in [0, 0.1) is 17.1 Å². The molecule has 0 aliphatic heterocycles. The summed E-state index contributed by atoms with van der Waals surface area (Å²) in [5, 5.41) is 9.44. The van der Waals surface area contributed by atoms with Gasteiger partial charge in [-0.3, -0.25) is 0 Å². The number of nitrogen functional groups attached to an aromatic ring is 2. The van der Waals surface area contributed by atoms with E-state index < -0.39 is 5.82 Å². The molecule has 4 N–H and O–H groups in total. The summed E-state index contributed by atoms with van der Waals surface area (Å²) in [7, 11) is 0. The smallest absolute Gasteiger partial charge is 0.222 e. The first-order chi connectivity index (χ1) is 9.08. The zero-order valence-corrected chi connectivity index (χ0v) is 11.3. The Hall–Kier alpha value is -2.20. The quantitative estimate of drug-likeness (QED) is 0.826. The fourth-order valence-electron chi connectivity index (χ4n) is 1.67. The van der Waals surface area contributed by atoms with Crippen LogP contribution in [-0.2, 0) is 5.33 Å². The number of alkyl halides is 1. The molecule has 0 aliphatic rings. The number of nitrogens with two attached hydrogens (primary N) is 2. The van der Waals surface area contributed by atoms with Gasteiger partial charge in [0.1, 0.15) is 23.3 Å². The number of nitrogens with zero attached hydrogens (tertiary/aromatic N) is 3. The first kappa shape index (κ1) is 13.2. The molecule has 0 atom stereocenters. The Bertz CT molecular complexity index is 681. The summed E-state index contributed by atoms with van der Waals surface area (Å²) in [6, 6.07) is 6.69. The number of aromatic nitrogens is 2. The van der Waals surface area contributed by atoms with Gasteiger partial charge in [-0.1, -0.05) is 28.1 Å². The third-order valence-corrected chi connectivity index (χ3v) is 3.15. The molecule has 1 heterocycles. The third-order valence-electron chi connectivity index (χ3n) is 2.54. The molecule has 0 amide bonds. The normalized spacial score (nSPS) is 10.2. The lowest BCUT2D eigenvalue weighted by atomic mass is 10.0. The molecular formula is C12H9BrFN5. The van der Waals surface area contributed by atoms with Gasteiger partial charge in [0.25, 0.3) is 0 Å². The fraction of sp³-hybridized carbons (Fsp3) is 0.0833. The number of halogens is 2. The predicted molar refractivity (Wildman–Crippen MR) is 73.6 cm³/mol. The standard InChI is InChI=1S/C12H9BrFN5/c13-4-6-2-1-3-7(9(6)14)10-8(5-15)11(16)19-12(17)18-10/h1-3H,4H2,(H4,16,17,18,19). The van der Waals surface area contributed by atoms with Crippen molar-refractivity contribution in [3.8, 4) is 17.3 Å². The molecule has 0 radical (unpaired) electrons. The van der Waals surface area contributed by atoms with Crippen molar-refractivity contribution in [2.24, 2.45) is 0 Å². The summed E-state index contributed by atoms with van der Waals surface area (Å²) in [4.78, 5) is 7.61. The van der Waals surface area contributed by atoms with Crippen molar-refractivity contribution in [2.75, 3.05) is 11.5 Å². The van der Waals surface area contributed by atoms with Crippen LogP contribution in [0.25, 0.3) is 11.3 Å². The first-order valence-corrected chi connectivity index (χ1v) is 6.37. The largest absolute Gasteiger partial charge is 0.382 e. The van der Waals surface area contributed by atoms with Gasteiger partial charge in [-0.2, -0.15) is 10.2 Å².